The van der Waals surface area contributed by atoms with E-state index < -0.39 is 0 Å². The van der Waals surface area contributed by atoms with E-state index in [0.717, 1.165) is 18.7 Å². The number of hydrogen-bond donors (Lipinski definition) is 2. The van der Waals surface area contributed by atoms with Crippen molar-refractivity contribution in [3.8, 4) is 0 Å². The van der Waals surface area contributed by atoms with Crippen LogP contribution in [0.15, 0.2) is 29.8 Å². The molecule has 0 saturated heterocycles. The Labute approximate surface area is 109 Å². The Balaban J connectivity index is 1.98. The predicted octanol–water partition coefficient (Wildman–Crippen LogP) is 2.61. The van der Waals surface area contributed by atoms with Crippen molar-refractivity contribution < 1.29 is 4.79 Å². The molecular formula is C12H14N4OS. The fourth-order valence-corrected chi connectivity index (χ4v) is 1.85. The summed E-state index contributed by atoms with van der Waals surface area (Å²) in [6.07, 6.45) is 1.07. The van der Waals surface area contributed by atoms with E-state index in [0.29, 0.717) is 10.7 Å². The molecule has 0 spiro atoms. The lowest BCUT2D eigenvalue weighted by Crippen LogP contribution is -2.11. The van der Waals surface area contributed by atoms with Gasteiger partial charge in [-0.2, -0.15) is 0 Å². The molecule has 2 aromatic rings. The van der Waals surface area contributed by atoms with Crippen molar-refractivity contribution in [2.45, 2.75) is 13.3 Å². The van der Waals surface area contributed by atoms with Gasteiger partial charge in [-0.1, -0.05) is 18.3 Å². The molecule has 1 aromatic heterocycles. The quantitative estimate of drug-likeness (QED) is 0.869. The van der Waals surface area contributed by atoms with Crippen molar-refractivity contribution in [3.63, 3.8) is 0 Å². The van der Waals surface area contributed by atoms with Crippen LogP contribution in [-0.2, 0) is 0 Å². The van der Waals surface area contributed by atoms with Gasteiger partial charge in [0.15, 0.2) is 0 Å². The minimum Gasteiger partial charge on any atom is -0.385 e. The highest BCUT2D eigenvalue weighted by Gasteiger charge is 2.07. The zero-order valence-corrected chi connectivity index (χ0v) is 10.8. The molecule has 1 heterocycles. The maximum Gasteiger partial charge on any atom is 0.257 e. The number of hydrogen-bond acceptors (Lipinski definition) is 5. The molecule has 5 nitrogen and oxygen atoms in total. The van der Waals surface area contributed by atoms with Gasteiger partial charge in [-0.15, -0.1) is 10.2 Å². The van der Waals surface area contributed by atoms with E-state index in [2.05, 4.69) is 27.8 Å². The Bertz CT molecular complexity index is 495. The van der Waals surface area contributed by atoms with Crippen molar-refractivity contribution in [1.29, 1.82) is 0 Å². The van der Waals surface area contributed by atoms with Gasteiger partial charge in [-0.3, -0.25) is 10.1 Å². The molecular weight excluding hydrogens is 248 g/mol. The number of carbonyl (C=O) groups is 1. The molecule has 1 amide bonds. The zero-order valence-electron chi connectivity index (χ0n) is 10.0. The summed E-state index contributed by atoms with van der Waals surface area (Å²) in [6, 6.07) is 7.36. The molecule has 0 aliphatic rings. The molecule has 2 rings (SSSR count). The molecule has 6 heteroatoms. The van der Waals surface area contributed by atoms with Crippen molar-refractivity contribution >= 4 is 28.1 Å². The SMILES string of the molecule is CCCNc1ccc(C(=O)Nc2nncs2)cc1. The summed E-state index contributed by atoms with van der Waals surface area (Å²) in [5.41, 5.74) is 3.20. The van der Waals surface area contributed by atoms with Crippen LogP contribution in [0.1, 0.15) is 23.7 Å². The molecule has 94 valence electrons. The van der Waals surface area contributed by atoms with E-state index >= 15 is 0 Å². The van der Waals surface area contributed by atoms with E-state index in [1.54, 1.807) is 17.6 Å². The van der Waals surface area contributed by atoms with Gasteiger partial charge in [-0.05, 0) is 30.7 Å². The van der Waals surface area contributed by atoms with Crippen LogP contribution in [0.2, 0.25) is 0 Å². The number of amides is 1. The minimum absolute atomic E-state index is 0.172. The normalized spacial score (nSPS) is 10.1. The van der Waals surface area contributed by atoms with Crippen LogP contribution in [0.3, 0.4) is 0 Å². The molecule has 0 aliphatic carbocycles. The number of benzene rings is 1. The summed E-state index contributed by atoms with van der Waals surface area (Å²) in [7, 11) is 0. The summed E-state index contributed by atoms with van der Waals surface area (Å²) < 4.78 is 0. The Morgan fingerprint density at radius 3 is 2.72 bits per heavy atom. The fraction of sp³-hybridized carbons (Fsp3) is 0.250. The molecule has 0 saturated carbocycles. The third-order valence-electron chi connectivity index (χ3n) is 2.31. The van der Waals surface area contributed by atoms with Crippen LogP contribution >= 0.6 is 11.3 Å². The van der Waals surface area contributed by atoms with Gasteiger partial charge in [0.1, 0.15) is 5.51 Å². The lowest BCUT2D eigenvalue weighted by Gasteiger charge is -2.05. The molecule has 2 N–H and O–H groups in total. The standard InChI is InChI=1S/C12H14N4OS/c1-2-7-13-10-5-3-9(4-6-10)11(17)15-12-16-14-8-18-12/h3-6,8,13H,2,7H2,1H3,(H,15,16,17). The predicted molar refractivity (Wildman–Crippen MR) is 73.1 cm³/mol. The second-order valence-corrected chi connectivity index (χ2v) is 4.54. The molecule has 18 heavy (non-hydrogen) atoms. The van der Waals surface area contributed by atoms with E-state index in [-0.39, 0.29) is 5.91 Å². The van der Waals surface area contributed by atoms with Gasteiger partial charge in [0, 0.05) is 17.8 Å². The van der Waals surface area contributed by atoms with Gasteiger partial charge >= 0.3 is 0 Å². The fourth-order valence-electron chi connectivity index (χ4n) is 1.41. The number of anilines is 2. The number of carbonyl (C=O) groups excluding carboxylic acids is 1. The van der Waals surface area contributed by atoms with Crippen LogP contribution in [0.25, 0.3) is 0 Å². The van der Waals surface area contributed by atoms with Crippen LogP contribution in [0, 0.1) is 0 Å². The first-order chi connectivity index (χ1) is 8.79. The maximum atomic E-state index is 11.8. The maximum absolute atomic E-state index is 11.8. The van der Waals surface area contributed by atoms with Crippen LogP contribution in [0.5, 0.6) is 0 Å². The summed E-state index contributed by atoms with van der Waals surface area (Å²) in [5.74, 6) is -0.172. The van der Waals surface area contributed by atoms with Crippen LogP contribution in [0.4, 0.5) is 10.8 Å². The minimum atomic E-state index is -0.172. The van der Waals surface area contributed by atoms with Gasteiger partial charge < -0.3 is 5.32 Å². The number of nitrogens with zero attached hydrogens (tertiary/aromatic N) is 2. The molecule has 0 radical (unpaired) electrons. The average Bonchev–Trinajstić information content (AvgIpc) is 2.89. The summed E-state index contributed by atoms with van der Waals surface area (Å²) in [6.45, 7) is 3.03. The molecule has 0 atom stereocenters. The second-order valence-electron chi connectivity index (χ2n) is 3.70. The lowest BCUT2D eigenvalue weighted by atomic mass is 10.2. The number of aromatic nitrogens is 2. The molecule has 0 bridgehead atoms. The third-order valence-corrected chi connectivity index (χ3v) is 2.91. The zero-order chi connectivity index (χ0) is 12.8. The average molecular weight is 262 g/mol. The van der Waals surface area contributed by atoms with Gasteiger partial charge in [0.05, 0.1) is 0 Å². The highest BCUT2D eigenvalue weighted by atomic mass is 32.1. The van der Waals surface area contributed by atoms with Crippen molar-refractivity contribution in [1.82, 2.24) is 10.2 Å². The first-order valence-corrected chi connectivity index (χ1v) is 6.59. The Morgan fingerprint density at radius 2 is 2.11 bits per heavy atom. The smallest absolute Gasteiger partial charge is 0.257 e. The summed E-state index contributed by atoms with van der Waals surface area (Å²) in [5, 5.41) is 13.9. The van der Waals surface area contributed by atoms with Crippen LogP contribution in [-0.4, -0.2) is 22.6 Å². The lowest BCUT2D eigenvalue weighted by molar-refractivity contribution is 0.102. The van der Waals surface area contributed by atoms with Crippen LogP contribution < -0.4 is 10.6 Å². The van der Waals surface area contributed by atoms with Gasteiger partial charge in [0.25, 0.3) is 5.91 Å². The molecule has 0 unspecified atom stereocenters. The molecule has 0 fully saturated rings. The second kappa shape index (κ2) is 6.11. The third kappa shape index (κ3) is 3.27. The molecule has 1 aromatic carbocycles. The topological polar surface area (TPSA) is 66.9 Å². The Hall–Kier alpha value is -1.95. The largest absolute Gasteiger partial charge is 0.385 e. The highest BCUT2D eigenvalue weighted by Crippen LogP contribution is 2.13. The highest BCUT2D eigenvalue weighted by molar-refractivity contribution is 7.13. The van der Waals surface area contributed by atoms with Crippen molar-refractivity contribution in [2.75, 3.05) is 17.2 Å². The van der Waals surface area contributed by atoms with E-state index in [1.807, 2.05) is 12.1 Å². The van der Waals surface area contributed by atoms with Gasteiger partial charge in [0.2, 0.25) is 5.13 Å². The number of rotatable bonds is 5. The molecule has 0 aliphatic heterocycles. The summed E-state index contributed by atoms with van der Waals surface area (Å²) >= 11 is 1.29. The number of nitrogens with one attached hydrogen (secondary N) is 2. The monoisotopic (exact) mass is 262 g/mol. The van der Waals surface area contributed by atoms with Crippen molar-refractivity contribution in [2.24, 2.45) is 0 Å². The summed E-state index contributed by atoms with van der Waals surface area (Å²) in [4.78, 5) is 11.8. The van der Waals surface area contributed by atoms with E-state index in [1.165, 1.54) is 11.3 Å². The Kier molecular flexibility index (Phi) is 4.25. The van der Waals surface area contributed by atoms with Gasteiger partial charge in [-0.25, -0.2) is 0 Å². The van der Waals surface area contributed by atoms with E-state index in [4.69, 9.17) is 0 Å². The first kappa shape index (κ1) is 12.5. The Morgan fingerprint density at radius 1 is 1.33 bits per heavy atom. The van der Waals surface area contributed by atoms with Crippen molar-refractivity contribution in [3.05, 3.63) is 35.3 Å². The first-order valence-electron chi connectivity index (χ1n) is 5.71. The van der Waals surface area contributed by atoms with E-state index in [9.17, 15) is 4.79 Å².